The SMILES string of the molecule is COC1(C(=O)O)CCN(C(=O)CC(C)CNC(=O)OCC2c3ccccc3-c3ccccc32)CC1. The van der Waals surface area contributed by atoms with Gasteiger partial charge in [-0.15, -0.1) is 0 Å². The molecule has 1 aliphatic carbocycles. The average molecular weight is 481 g/mol. The first-order valence-corrected chi connectivity index (χ1v) is 12.0. The van der Waals surface area contributed by atoms with Crippen molar-refractivity contribution in [1.82, 2.24) is 10.2 Å². The Morgan fingerprint density at radius 2 is 1.63 bits per heavy atom. The van der Waals surface area contributed by atoms with Gasteiger partial charge in [0.1, 0.15) is 6.61 Å². The van der Waals surface area contributed by atoms with Crippen molar-refractivity contribution in [3.8, 4) is 11.1 Å². The van der Waals surface area contributed by atoms with E-state index in [-0.39, 0.29) is 43.6 Å². The molecule has 2 aromatic rings. The Morgan fingerprint density at radius 1 is 1.06 bits per heavy atom. The molecule has 4 rings (SSSR count). The summed E-state index contributed by atoms with van der Waals surface area (Å²) < 4.78 is 10.8. The fourth-order valence-electron chi connectivity index (χ4n) is 5.03. The number of fused-ring (bicyclic) bond motifs is 3. The highest BCUT2D eigenvalue weighted by molar-refractivity contribution is 5.80. The van der Waals surface area contributed by atoms with Crippen molar-refractivity contribution in [3.05, 3.63) is 59.7 Å². The van der Waals surface area contributed by atoms with Gasteiger partial charge in [-0.2, -0.15) is 0 Å². The van der Waals surface area contributed by atoms with Gasteiger partial charge in [0, 0.05) is 51.9 Å². The molecule has 0 aromatic heterocycles. The molecule has 1 heterocycles. The second kappa shape index (κ2) is 10.5. The lowest BCUT2D eigenvalue weighted by Crippen LogP contribution is -2.52. The number of aliphatic carboxylic acids is 1. The molecule has 2 N–H and O–H groups in total. The molecule has 0 saturated carbocycles. The summed E-state index contributed by atoms with van der Waals surface area (Å²) in [6.45, 7) is 3.12. The third-order valence-electron chi connectivity index (χ3n) is 7.17. The standard InChI is InChI=1S/C27H32N2O6/c1-18(15-24(30)29-13-11-27(34-2,12-14-29)25(31)32)16-28-26(33)35-17-23-21-9-5-3-7-19(21)20-8-4-6-10-22(20)23/h3-10,18,23H,11-17H2,1-2H3,(H,28,33)(H,31,32). The first-order valence-electron chi connectivity index (χ1n) is 12.0. The van der Waals surface area contributed by atoms with E-state index in [1.165, 1.54) is 18.2 Å². The number of carboxylic acid groups (broad SMARTS) is 1. The number of ether oxygens (including phenoxy) is 2. The van der Waals surface area contributed by atoms with Crippen LogP contribution in [0.15, 0.2) is 48.5 Å². The van der Waals surface area contributed by atoms with Gasteiger partial charge in [0.2, 0.25) is 5.91 Å². The Hall–Kier alpha value is -3.39. The Kier molecular flexibility index (Phi) is 7.40. The Labute approximate surface area is 205 Å². The van der Waals surface area contributed by atoms with Crippen molar-refractivity contribution in [2.24, 2.45) is 5.92 Å². The lowest BCUT2D eigenvalue weighted by atomic mass is 9.91. The molecule has 35 heavy (non-hydrogen) atoms. The number of amides is 2. The molecule has 1 unspecified atom stereocenters. The summed E-state index contributed by atoms with van der Waals surface area (Å²) in [6.07, 6.45) is 0.278. The van der Waals surface area contributed by atoms with Crippen LogP contribution >= 0.6 is 0 Å². The lowest BCUT2D eigenvalue weighted by molar-refractivity contribution is -0.170. The number of nitrogens with zero attached hydrogens (tertiary/aromatic N) is 1. The molecule has 1 saturated heterocycles. The summed E-state index contributed by atoms with van der Waals surface area (Å²) >= 11 is 0. The van der Waals surface area contributed by atoms with Crippen LogP contribution in [0.2, 0.25) is 0 Å². The largest absolute Gasteiger partial charge is 0.479 e. The molecule has 186 valence electrons. The van der Waals surface area contributed by atoms with Crippen LogP contribution in [0.5, 0.6) is 0 Å². The number of likely N-dealkylation sites (tertiary alicyclic amines) is 1. The van der Waals surface area contributed by atoms with Gasteiger partial charge in [0.25, 0.3) is 0 Å². The third kappa shape index (κ3) is 5.17. The maximum absolute atomic E-state index is 12.6. The number of carbonyl (C=O) groups is 3. The summed E-state index contributed by atoms with van der Waals surface area (Å²) in [6, 6.07) is 16.3. The molecule has 2 aliphatic rings. The highest BCUT2D eigenvalue weighted by atomic mass is 16.5. The summed E-state index contributed by atoms with van der Waals surface area (Å²) in [5.41, 5.74) is 3.44. The summed E-state index contributed by atoms with van der Waals surface area (Å²) in [4.78, 5) is 38.2. The molecule has 1 aliphatic heterocycles. The van der Waals surface area contributed by atoms with Crippen LogP contribution in [0.25, 0.3) is 11.1 Å². The number of carbonyl (C=O) groups excluding carboxylic acids is 2. The number of nitrogens with one attached hydrogen (secondary N) is 1. The third-order valence-corrected chi connectivity index (χ3v) is 7.17. The predicted molar refractivity (Wildman–Crippen MR) is 130 cm³/mol. The fourth-order valence-corrected chi connectivity index (χ4v) is 5.03. The van der Waals surface area contributed by atoms with E-state index in [0.717, 1.165) is 11.1 Å². The van der Waals surface area contributed by atoms with E-state index in [0.29, 0.717) is 19.6 Å². The molecular formula is C27H32N2O6. The summed E-state index contributed by atoms with van der Waals surface area (Å²) in [7, 11) is 1.39. The van der Waals surface area contributed by atoms with Crippen molar-refractivity contribution >= 4 is 18.0 Å². The second-order valence-corrected chi connectivity index (χ2v) is 9.40. The van der Waals surface area contributed by atoms with Gasteiger partial charge in [-0.25, -0.2) is 9.59 Å². The maximum Gasteiger partial charge on any atom is 0.407 e. The van der Waals surface area contributed by atoms with E-state index in [9.17, 15) is 19.5 Å². The van der Waals surface area contributed by atoms with Crippen molar-refractivity contribution in [2.45, 2.75) is 37.7 Å². The minimum atomic E-state index is -1.21. The van der Waals surface area contributed by atoms with Gasteiger partial charge in [0.15, 0.2) is 5.60 Å². The van der Waals surface area contributed by atoms with Crippen LogP contribution in [0, 0.1) is 5.92 Å². The second-order valence-electron chi connectivity index (χ2n) is 9.40. The number of alkyl carbamates (subject to hydrolysis) is 1. The van der Waals surface area contributed by atoms with E-state index in [1.807, 2.05) is 31.2 Å². The van der Waals surface area contributed by atoms with Crippen molar-refractivity contribution in [2.75, 3.05) is 33.4 Å². The van der Waals surface area contributed by atoms with Gasteiger partial charge in [-0.05, 0) is 28.2 Å². The number of hydrogen-bond donors (Lipinski definition) is 2. The maximum atomic E-state index is 12.6. The molecule has 1 atom stereocenters. The zero-order valence-corrected chi connectivity index (χ0v) is 20.2. The molecular weight excluding hydrogens is 448 g/mol. The van der Waals surface area contributed by atoms with E-state index in [2.05, 4.69) is 29.6 Å². The minimum Gasteiger partial charge on any atom is -0.479 e. The summed E-state index contributed by atoms with van der Waals surface area (Å²) in [5.74, 6) is -1.14. The first kappa shape index (κ1) is 24.7. The predicted octanol–water partition coefficient (Wildman–Crippen LogP) is 3.64. The Balaban J connectivity index is 1.23. The van der Waals surface area contributed by atoms with Crippen molar-refractivity contribution < 1.29 is 29.0 Å². The fraction of sp³-hybridized carbons (Fsp3) is 0.444. The van der Waals surface area contributed by atoms with Crippen LogP contribution in [0.4, 0.5) is 4.79 Å². The van der Waals surface area contributed by atoms with Gasteiger partial charge in [0.05, 0.1) is 0 Å². The zero-order chi connectivity index (χ0) is 25.0. The van der Waals surface area contributed by atoms with E-state index < -0.39 is 17.7 Å². The molecule has 0 radical (unpaired) electrons. The van der Waals surface area contributed by atoms with E-state index in [4.69, 9.17) is 9.47 Å². The molecule has 1 fully saturated rings. The lowest BCUT2D eigenvalue weighted by Gasteiger charge is -2.38. The van der Waals surface area contributed by atoms with Crippen LogP contribution in [0.1, 0.15) is 43.2 Å². The quantitative estimate of drug-likeness (QED) is 0.598. The number of hydrogen-bond acceptors (Lipinski definition) is 5. The van der Waals surface area contributed by atoms with Crippen LogP contribution in [-0.2, 0) is 19.1 Å². The first-order chi connectivity index (χ1) is 16.8. The smallest absolute Gasteiger partial charge is 0.407 e. The molecule has 8 nitrogen and oxygen atoms in total. The monoisotopic (exact) mass is 480 g/mol. The Bertz CT molecular complexity index is 1050. The summed E-state index contributed by atoms with van der Waals surface area (Å²) in [5, 5.41) is 12.2. The van der Waals surface area contributed by atoms with Crippen LogP contribution < -0.4 is 5.32 Å². The van der Waals surface area contributed by atoms with Crippen molar-refractivity contribution in [3.63, 3.8) is 0 Å². The van der Waals surface area contributed by atoms with Gasteiger partial charge < -0.3 is 24.8 Å². The normalized spacial score (nSPS) is 17.3. The van der Waals surface area contributed by atoms with Crippen LogP contribution in [0.3, 0.4) is 0 Å². The number of carboxylic acids is 1. The zero-order valence-electron chi connectivity index (χ0n) is 20.2. The highest BCUT2D eigenvalue weighted by Crippen LogP contribution is 2.44. The molecule has 2 amide bonds. The van der Waals surface area contributed by atoms with Gasteiger partial charge in [-0.3, -0.25) is 4.79 Å². The van der Waals surface area contributed by atoms with Gasteiger partial charge in [-0.1, -0.05) is 55.5 Å². The topological polar surface area (TPSA) is 105 Å². The molecule has 8 heteroatoms. The van der Waals surface area contributed by atoms with Crippen LogP contribution in [-0.4, -0.2) is 66.9 Å². The number of rotatable bonds is 8. The minimum absolute atomic E-state index is 0.00345. The number of piperidine rings is 1. The molecule has 2 aromatic carbocycles. The Morgan fingerprint density at radius 3 is 2.17 bits per heavy atom. The molecule has 0 spiro atoms. The number of benzene rings is 2. The van der Waals surface area contributed by atoms with E-state index >= 15 is 0 Å². The molecule has 0 bridgehead atoms. The van der Waals surface area contributed by atoms with E-state index in [1.54, 1.807) is 4.90 Å². The van der Waals surface area contributed by atoms with Gasteiger partial charge >= 0.3 is 12.1 Å². The number of methoxy groups -OCH3 is 1. The average Bonchev–Trinajstić information content (AvgIpc) is 3.19. The highest BCUT2D eigenvalue weighted by Gasteiger charge is 2.42. The van der Waals surface area contributed by atoms with Crippen molar-refractivity contribution in [1.29, 1.82) is 0 Å².